The first-order valence-electron chi connectivity index (χ1n) is 8.53. The van der Waals surface area contributed by atoms with Crippen molar-refractivity contribution in [1.82, 2.24) is 10.6 Å². The fraction of sp³-hybridized carbons (Fsp3) is 0.611. The molecule has 2 aliphatic rings. The largest absolute Gasteiger partial charge is 0.396 e. The van der Waals surface area contributed by atoms with Gasteiger partial charge in [0.1, 0.15) is 0 Å². The number of aliphatic hydroxyl groups excluding tert-OH is 1. The number of hydrogen-bond donors (Lipinski definition) is 3. The average molecular weight is 302 g/mol. The van der Waals surface area contributed by atoms with Gasteiger partial charge >= 0.3 is 6.03 Å². The van der Waals surface area contributed by atoms with E-state index < -0.39 is 0 Å². The van der Waals surface area contributed by atoms with Crippen LogP contribution < -0.4 is 10.6 Å². The molecular formula is C18H26N2O2. The van der Waals surface area contributed by atoms with Crippen LogP contribution in [0, 0.1) is 5.92 Å². The van der Waals surface area contributed by atoms with E-state index in [0.717, 1.165) is 38.5 Å². The second kappa shape index (κ2) is 7.14. The van der Waals surface area contributed by atoms with Gasteiger partial charge in [-0.25, -0.2) is 4.79 Å². The Kier molecular flexibility index (Phi) is 4.98. The molecule has 0 aromatic heterocycles. The van der Waals surface area contributed by atoms with Crippen molar-refractivity contribution < 1.29 is 9.90 Å². The van der Waals surface area contributed by atoms with E-state index in [1.54, 1.807) is 0 Å². The highest BCUT2D eigenvalue weighted by Gasteiger charge is 2.27. The zero-order chi connectivity index (χ0) is 15.4. The maximum atomic E-state index is 12.3. The molecule has 1 fully saturated rings. The van der Waals surface area contributed by atoms with Crippen LogP contribution in [0.2, 0.25) is 0 Å². The van der Waals surface area contributed by atoms with E-state index in [1.165, 1.54) is 17.5 Å². The standard InChI is InChI=1S/C18H26N2O2/c21-12-14-7-2-1-3-9-16(14)19-18(22)20-17-11-10-13-6-4-5-8-15(13)17/h4-6,8,14,16-17,21H,1-3,7,9-12H2,(H2,19,20,22). The highest BCUT2D eigenvalue weighted by molar-refractivity contribution is 5.75. The quantitative estimate of drug-likeness (QED) is 0.752. The van der Waals surface area contributed by atoms with Crippen LogP contribution >= 0.6 is 0 Å². The summed E-state index contributed by atoms with van der Waals surface area (Å²) in [7, 11) is 0. The summed E-state index contributed by atoms with van der Waals surface area (Å²) in [6.07, 6.45) is 7.47. The third kappa shape index (κ3) is 3.43. The lowest BCUT2D eigenvalue weighted by Gasteiger charge is -2.25. The van der Waals surface area contributed by atoms with Crippen LogP contribution in [-0.2, 0) is 6.42 Å². The summed E-state index contributed by atoms with van der Waals surface area (Å²) < 4.78 is 0. The Hall–Kier alpha value is -1.55. The average Bonchev–Trinajstić information content (AvgIpc) is 2.79. The van der Waals surface area contributed by atoms with Gasteiger partial charge in [0.25, 0.3) is 0 Å². The van der Waals surface area contributed by atoms with E-state index in [1.807, 2.05) is 6.07 Å². The number of carbonyl (C=O) groups is 1. The van der Waals surface area contributed by atoms with Crippen molar-refractivity contribution in [3.63, 3.8) is 0 Å². The van der Waals surface area contributed by atoms with Crippen LogP contribution in [0.25, 0.3) is 0 Å². The Balaban J connectivity index is 1.58. The van der Waals surface area contributed by atoms with Crippen LogP contribution in [0.5, 0.6) is 0 Å². The molecule has 3 unspecified atom stereocenters. The summed E-state index contributed by atoms with van der Waals surface area (Å²) in [6, 6.07) is 8.46. The number of aliphatic hydroxyl groups is 1. The highest BCUT2D eigenvalue weighted by Crippen LogP contribution is 2.30. The van der Waals surface area contributed by atoms with Gasteiger partial charge in [0.2, 0.25) is 0 Å². The number of hydrogen-bond acceptors (Lipinski definition) is 2. The number of benzene rings is 1. The lowest BCUT2D eigenvalue weighted by molar-refractivity contribution is 0.178. The van der Waals surface area contributed by atoms with Crippen molar-refractivity contribution in [2.24, 2.45) is 5.92 Å². The van der Waals surface area contributed by atoms with Gasteiger partial charge in [-0.05, 0) is 36.8 Å². The molecule has 0 bridgehead atoms. The Labute approximate surface area is 132 Å². The molecule has 4 nitrogen and oxygen atoms in total. The van der Waals surface area contributed by atoms with Crippen molar-refractivity contribution in [2.45, 2.75) is 57.0 Å². The minimum absolute atomic E-state index is 0.0907. The van der Waals surface area contributed by atoms with Crippen LogP contribution in [-0.4, -0.2) is 23.8 Å². The minimum Gasteiger partial charge on any atom is -0.396 e. The van der Waals surface area contributed by atoms with Gasteiger partial charge in [-0.3, -0.25) is 0 Å². The molecular weight excluding hydrogens is 276 g/mol. The first-order chi connectivity index (χ1) is 10.8. The third-order valence-corrected chi connectivity index (χ3v) is 5.15. The Bertz CT molecular complexity index is 518. The number of carbonyl (C=O) groups excluding carboxylic acids is 1. The third-order valence-electron chi connectivity index (χ3n) is 5.15. The van der Waals surface area contributed by atoms with Crippen LogP contribution in [0.15, 0.2) is 24.3 Å². The predicted octanol–water partition coefficient (Wildman–Crippen LogP) is 2.91. The predicted molar refractivity (Wildman–Crippen MR) is 86.6 cm³/mol. The van der Waals surface area contributed by atoms with Gasteiger partial charge in [-0.2, -0.15) is 0 Å². The molecule has 0 spiro atoms. The summed E-state index contributed by atoms with van der Waals surface area (Å²) in [4.78, 5) is 12.3. The molecule has 22 heavy (non-hydrogen) atoms. The second-order valence-electron chi connectivity index (χ2n) is 6.60. The first kappa shape index (κ1) is 15.3. The number of nitrogens with one attached hydrogen (secondary N) is 2. The van der Waals surface area contributed by atoms with Crippen molar-refractivity contribution in [1.29, 1.82) is 0 Å². The Morgan fingerprint density at radius 2 is 1.91 bits per heavy atom. The summed E-state index contributed by atoms with van der Waals surface area (Å²) in [5, 5.41) is 15.8. The summed E-state index contributed by atoms with van der Waals surface area (Å²) in [5.74, 6) is 0.198. The first-order valence-corrected chi connectivity index (χ1v) is 8.53. The maximum Gasteiger partial charge on any atom is 0.315 e. The lowest BCUT2D eigenvalue weighted by Crippen LogP contribution is -2.46. The summed E-state index contributed by atoms with van der Waals surface area (Å²) in [6.45, 7) is 0.164. The zero-order valence-electron chi connectivity index (χ0n) is 13.1. The van der Waals surface area contributed by atoms with E-state index in [2.05, 4.69) is 28.8 Å². The van der Waals surface area contributed by atoms with Gasteiger partial charge in [-0.1, -0.05) is 43.5 Å². The molecule has 3 atom stereocenters. The molecule has 3 N–H and O–H groups in total. The van der Waals surface area contributed by atoms with Crippen molar-refractivity contribution in [2.75, 3.05) is 6.61 Å². The van der Waals surface area contributed by atoms with Crippen LogP contribution in [0.4, 0.5) is 4.79 Å². The molecule has 0 aliphatic heterocycles. The maximum absolute atomic E-state index is 12.3. The number of amides is 2. The van der Waals surface area contributed by atoms with E-state index >= 15 is 0 Å². The number of rotatable bonds is 3. The van der Waals surface area contributed by atoms with E-state index in [4.69, 9.17) is 0 Å². The van der Waals surface area contributed by atoms with Gasteiger partial charge in [-0.15, -0.1) is 0 Å². The molecule has 1 aromatic rings. The monoisotopic (exact) mass is 302 g/mol. The van der Waals surface area contributed by atoms with Gasteiger partial charge in [0.15, 0.2) is 0 Å². The second-order valence-corrected chi connectivity index (χ2v) is 6.60. The fourth-order valence-electron chi connectivity index (χ4n) is 3.87. The smallest absolute Gasteiger partial charge is 0.315 e. The van der Waals surface area contributed by atoms with Crippen LogP contribution in [0.1, 0.15) is 55.7 Å². The minimum atomic E-state index is -0.0907. The molecule has 0 radical (unpaired) electrons. The summed E-state index contributed by atoms with van der Waals surface area (Å²) >= 11 is 0. The Morgan fingerprint density at radius 1 is 1.09 bits per heavy atom. The molecule has 4 heteroatoms. The lowest BCUT2D eigenvalue weighted by atomic mass is 9.96. The highest BCUT2D eigenvalue weighted by atomic mass is 16.3. The van der Waals surface area contributed by atoms with E-state index in [0.29, 0.717) is 0 Å². The fourth-order valence-corrected chi connectivity index (χ4v) is 3.87. The van der Waals surface area contributed by atoms with Crippen molar-refractivity contribution in [3.05, 3.63) is 35.4 Å². The van der Waals surface area contributed by atoms with Gasteiger partial charge < -0.3 is 15.7 Å². The topological polar surface area (TPSA) is 61.4 Å². The molecule has 3 rings (SSSR count). The van der Waals surface area contributed by atoms with Gasteiger partial charge in [0, 0.05) is 18.6 Å². The van der Waals surface area contributed by atoms with Crippen molar-refractivity contribution >= 4 is 6.03 Å². The number of urea groups is 1. The van der Waals surface area contributed by atoms with Crippen molar-refractivity contribution in [3.8, 4) is 0 Å². The molecule has 120 valence electrons. The molecule has 1 saturated carbocycles. The van der Waals surface area contributed by atoms with E-state index in [9.17, 15) is 9.90 Å². The molecule has 1 aromatic carbocycles. The van der Waals surface area contributed by atoms with Crippen LogP contribution in [0.3, 0.4) is 0 Å². The number of fused-ring (bicyclic) bond motifs is 1. The zero-order valence-corrected chi connectivity index (χ0v) is 13.1. The normalized spacial score (nSPS) is 27.8. The molecule has 0 heterocycles. The Morgan fingerprint density at radius 3 is 2.77 bits per heavy atom. The number of aryl methyl sites for hydroxylation is 1. The van der Waals surface area contributed by atoms with Gasteiger partial charge in [0.05, 0.1) is 6.04 Å². The summed E-state index contributed by atoms with van der Waals surface area (Å²) in [5.41, 5.74) is 2.59. The molecule has 0 saturated heterocycles. The molecule has 2 amide bonds. The van der Waals surface area contributed by atoms with E-state index in [-0.39, 0.29) is 30.6 Å². The molecule has 2 aliphatic carbocycles. The SMILES string of the molecule is O=C(NC1CCc2ccccc21)NC1CCCCCC1CO.